The third kappa shape index (κ3) is 4.39. The second-order valence-corrected chi connectivity index (χ2v) is 7.72. The Labute approximate surface area is 170 Å². The third-order valence-electron chi connectivity index (χ3n) is 5.74. The zero-order valence-corrected chi connectivity index (χ0v) is 16.4. The molecule has 2 saturated heterocycles. The van der Waals surface area contributed by atoms with Crippen LogP contribution in [0.4, 0.5) is 32.0 Å². The van der Waals surface area contributed by atoms with Crippen molar-refractivity contribution < 1.29 is 36.2 Å². The number of morpholine rings is 1. The first-order chi connectivity index (χ1) is 13.9. The van der Waals surface area contributed by atoms with Gasteiger partial charge in [0, 0.05) is 50.0 Å². The highest BCUT2D eigenvalue weighted by atomic mass is 19.4. The van der Waals surface area contributed by atoms with Gasteiger partial charge in [-0.25, -0.2) is 0 Å². The molecule has 170 valence electrons. The Bertz CT molecular complexity index is 696. The Balaban J connectivity index is 1.83. The van der Waals surface area contributed by atoms with Crippen LogP contribution in [0.3, 0.4) is 0 Å². The van der Waals surface area contributed by atoms with Crippen LogP contribution in [0, 0.1) is 0 Å². The van der Waals surface area contributed by atoms with Crippen LogP contribution in [0.1, 0.15) is 12.5 Å². The molecule has 5 nitrogen and oxygen atoms in total. The maximum Gasteiger partial charge on any atom is 0.430 e. The third-order valence-corrected chi connectivity index (χ3v) is 5.74. The van der Waals surface area contributed by atoms with Crippen LogP contribution in [-0.2, 0) is 10.3 Å². The molecule has 30 heavy (non-hydrogen) atoms. The topological polar surface area (TPSA) is 48.0 Å². The number of rotatable bonds is 4. The molecule has 11 heteroatoms. The Kier molecular flexibility index (Phi) is 6.57. The summed E-state index contributed by atoms with van der Waals surface area (Å²) >= 11 is 0. The van der Waals surface area contributed by atoms with Gasteiger partial charge >= 0.3 is 12.4 Å². The fourth-order valence-corrected chi connectivity index (χ4v) is 3.95. The average Bonchev–Trinajstić information content (AvgIpc) is 2.68. The first kappa shape index (κ1) is 23.1. The summed E-state index contributed by atoms with van der Waals surface area (Å²) in [5, 5.41) is 12.8. The van der Waals surface area contributed by atoms with Crippen molar-refractivity contribution in [2.45, 2.75) is 37.0 Å². The van der Waals surface area contributed by atoms with E-state index in [1.54, 1.807) is 0 Å². The molecule has 2 fully saturated rings. The van der Waals surface area contributed by atoms with Gasteiger partial charge < -0.3 is 20.1 Å². The number of ether oxygens (including phenoxy) is 1. The number of hydrogen-bond donors (Lipinski definition) is 2. The average molecular weight is 441 g/mol. The summed E-state index contributed by atoms with van der Waals surface area (Å²) in [4.78, 5) is 4.23. The molecule has 1 aromatic rings. The zero-order valence-electron chi connectivity index (χ0n) is 16.4. The van der Waals surface area contributed by atoms with E-state index >= 15 is 0 Å². The van der Waals surface area contributed by atoms with Crippen molar-refractivity contribution in [2.75, 3.05) is 50.8 Å². The van der Waals surface area contributed by atoms with Crippen LogP contribution < -0.4 is 10.2 Å². The lowest BCUT2D eigenvalue weighted by Crippen LogP contribution is -2.58. The molecule has 2 N–H and O–H groups in total. The molecule has 0 aliphatic carbocycles. The van der Waals surface area contributed by atoms with Gasteiger partial charge in [-0.1, -0.05) is 12.1 Å². The number of nitrogens with zero attached hydrogens (tertiary/aromatic N) is 2. The monoisotopic (exact) mass is 441 g/mol. The first-order valence-electron chi connectivity index (χ1n) is 9.70. The molecule has 0 radical (unpaired) electrons. The quantitative estimate of drug-likeness (QED) is 0.704. The maximum absolute atomic E-state index is 13.1. The molecule has 0 amide bonds. The van der Waals surface area contributed by atoms with Gasteiger partial charge in [-0.3, -0.25) is 4.90 Å². The molecule has 0 saturated carbocycles. The summed E-state index contributed by atoms with van der Waals surface area (Å²) in [5.41, 5.74) is -5.65. The van der Waals surface area contributed by atoms with Gasteiger partial charge in [-0.2, -0.15) is 26.3 Å². The highest BCUT2D eigenvalue weighted by molar-refractivity contribution is 5.50. The van der Waals surface area contributed by atoms with Crippen molar-refractivity contribution in [1.29, 1.82) is 0 Å². The zero-order chi connectivity index (χ0) is 22.2. The number of benzene rings is 1. The van der Waals surface area contributed by atoms with Gasteiger partial charge in [-0.05, 0) is 19.1 Å². The Morgan fingerprint density at radius 2 is 1.70 bits per heavy atom. The number of halogens is 6. The lowest BCUT2D eigenvalue weighted by molar-refractivity contribution is -0.376. The predicted octanol–water partition coefficient (Wildman–Crippen LogP) is 2.50. The van der Waals surface area contributed by atoms with Crippen LogP contribution in [0.5, 0.6) is 0 Å². The van der Waals surface area contributed by atoms with Crippen molar-refractivity contribution in [2.24, 2.45) is 0 Å². The van der Waals surface area contributed by atoms with E-state index in [4.69, 9.17) is 4.74 Å². The van der Waals surface area contributed by atoms with Crippen LogP contribution >= 0.6 is 0 Å². The Morgan fingerprint density at radius 3 is 2.27 bits per heavy atom. The van der Waals surface area contributed by atoms with Crippen molar-refractivity contribution in [3.05, 3.63) is 29.8 Å². The second-order valence-electron chi connectivity index (χ2n) is 7.72. The molecular weight excluding hydrogens is 416 g/mol. The molecule has 3 rings (SSSR count). The van der Waals surface area contributed by atoms with Crippen molar-refractivity contribution in [3.8, 4) is 0 Å². The molecule has 0 unspecified atom stereocenters. The van der Waals surface area contributed by atoms with E-state index in [1.165, 1.54) is 12.1 Å². The van der Waals surface area contributed by atoms with Crippen molar-refractivity contribution in [1.82, 2.24) is 10.2 Å². The molecule has 2 aliphatic rings. The summed E-state index contributed by atoms with van der Waals surface area (Å²) in [6.07, 6.45) is -11.8. The number of alkyl halides is 6. The molecule has 2 aliphatic heterocycles. The van der Waals surface area contributed by atoms with Crippen molar-refractivity contribution >= 4 is 5.69 Å². The van der Waals surface area contributed by atoms with Gasteiger partial charge in [-0.15, -0.1) is 0 Å². The van der Waals surface area contributed by atoms with Crippen LogP contribution in [0.2, 0.25) is 0 Å². The van der Waals surface area contributed by atoms with Gasteiger partial charge in [0.15, 0.2) is 0 Å². The summed E-state index contributed by atoms with van der Waals surface area (Å²) in [5.74, 6) is 0. The first-order valence-corrected chi connectivity index (χ1v) is 9.70. The standard InChI is InChI=1S/C19H25F6N3O2/c1-13-12-30-9-8-27(13)11-16-10-26-6-7-28(16)15-4-2-14(3-5-15)17(29,18(20,21)22)19(23,24)25/h2-5,13,16,26,29H,6-12H2,1H3/t13-,16+/m0/s1. The van der Waals surface area contributed by atoms with Gasteiger partial charge in [0.25, 0.3) is 5.60 Å². The highest BCUT2D eigenvalue weighted by Crippen LogP contribution is 2.50. The van der Waals surface area contributed by atoms with E-state index in [2.05, 4.69) is 10.2 Å². The predicted molar refractivity (Wildman–Crippen MR) is 98.3 cm³/mol. The Morgan fingerprint density at radius 1 is 1.07 bits per heavy atom. The summed E-state index contributed by atoms with van der Waals surface area (Å²) in [7, 11) is 0. The molecule has 2 atom stereocenters. The van der Waals surface area contributed by atoms with Gasteiger partial charge in [0.05, 0.1) is 19.3 Å². The number of piperazine rings is 1. The van der Waals surface area contributed by atoms with E-state index in [-0.39, 0.29) is 12.1 Å². The fraction of sp³-hybridized carbons (Fsp3) is 0.684. The van der Waals surface area contributed by atoms with Gasteiger partial charge in [0.2, 0.25) is 0 Å². The van der Waals surface area contributed by atoms with Crippen LogP contribution in [-0.4, -0.2) is 80.4 Å². The summed E-state index contributed by atoms with van der Waals surface area (Å²) < 4.78 is 84.0. The SMILES string of the molecule is C[C@H]1COCCN1C[C@H]1CNCCN1c1ccc(C(O)(C(F)(F)F)C(F)(F)F)cc1. The second kappa shape index (κ2) is 8.52. The minimum Gasteiger partial charge on any atom is -0.379 e. The molecule has 0 spiro atoms. The van der Waals surface area contributed by atoms with Crippen LogP contribution in [0.25, 0.3) is 0 Å². The molecular formula is C19H25F6N3O2. The highest BCUT2D eigenvalue weighted by Gasteiger charge is 2.71. The van der Waals surface area contributed by atoms with E-state index in [0.717, 1.165) is 6.54 Å². The van der Waals surface area contributed by atoms with Crippen LogP contribution in [0.15, 0.2) is 24.3 Å². The van der Waals surface area contributed by atoms with E-state index in [0.29, 0.717) is 57.2 Å². The van der Waals surface area contributed by atoms with Crippen molar-refractivity contribution in [3.63, 3.8) is 0 Å². The minimum absolute atomic E-state index is 0.00531. The van der Waals surface area contributed by atoms with E-state index < -0.39 is 23.5 Å². The maximum atomic E-state index is 13.1. The number of nitrogens with one attached hydrogen (secondary N) is 1. The summed E-state index contributed by atoms with van der Waals surface area (Å²) in [6, 6.07) is 4.03. The minimum atomic E-state index is -5.89. The number of anilines is 1. The Hall–Kier alpha value is -1.56. The van der Waals surface area contributed by atoms with Gasteiger partial charge in [0.1, 0.15) is 0 Å². The number of aliphatic hydroxyl groups is 1. The fourth-order valence-electron chi connectivity index (χ4n) is 3.95. The molecule has 0 aromatic heterocycles. The lowest BCUT2D eigenvalue weighted by atomic mass is 9.92. The summed E-state index contributed by atoms with van der Waals surface area (Å²) in [6.45, 7) is 6.57. The molecule has 0 bridgehead atoms. The smallest absolute Gasteiger partial charge is 0.379 e. The lowest BCUT2D eigenvalue weighted by Gasteiger charge is -2.43. The molecule has 2 heterocycles. The largest absolute Gasteiger partial charge is 0.430 e. The van der Waals surface area contributed by atoms with E-state index in [1.807, 2.05) is 11.8 Å². The van der Waals surface area contributed by atoms with E-state index in [9.17, 15) is 31.4 Å². The molecule has 1 aromatic carbocycles. The normalized spacial score (nSPS) is 24.9. The number of hydrogen-bond acceptors (Lipinski definition) is 5.